The average molecular weight is 629 g/mol. The number of ether oxygens (including phenoxy) is 4. The van der Waals surface area contributed by atoms with Crippen LogP contribution in [0.4, 0.5) is 0 Å². The number of unbranched alkanes of at least 4 members (excludes halogenated alkanes) is 22. The molecule has 2 atom stereocenters. The van der Waals surface area contributed by atoms with Gasteiger partial charge in [-0.05, 0) is 26.7 Å². The molecule has 0 aliphatic rings. The van der Waals surface area contributed by atoms with Crippen LogP contribution in [0.3, 0.4) is 0 Å². The summed E-state index contributed by atoms with van der Waals surface area (Å²) in [5, 5.41) is 0. The first-order chi connectivity index (χ1) is 21.3. The van der Waals surface area contributed by atoms with E-state index in [1.54, 1.807) is 0 Å². The monoisotopic (exact) mass is 629 g/mol. The quantitative estimate of drug-likeness (QED) is 0.0545. The van der Waals surface area contributed by atoms with Crippen molar-refractivity contribution in [2.24, 2.45) is 0 Å². The largest absolute Gasteiger partial charge is 0.460 e. The molecule has 0 spiro atoms. The van der Waals surface area contributed by atoms with E-state index in [0.717, 1.165) is 26.1 Å². The van der Waals surface area contributed by atoms with E-state index in [1.807, 2.05) is 13.8 Å². The summed E-state index contributed by atoms with van der Waals surface area (Å²) in [5.41, 5.74) is 0. The molecule has 264 valence electrons. The van der Waals surface area contributed by atoms with Gasteiger partial charge in [-0.15, -0.1) is 0 Å². The van der Waals surface area contributed by atoms with E-state index in [1.165, 1.54) is 155 Å². The van der Waals surface area contributed by atoms with Gasteiger partial charge < -0.3 is 18.9 Å². The van der Waals surface area contributed by atoms with Crippen LogP contribution in [0.1, 0.15) is 196 Å². The second-order valence-corrected chi connectivity index (χ2v) is 12.8. The molecule has 6 nitrogen and oxygen atoms in total. The molecular weight excluding hydrogens is 552 g/mol. The lowest BCUT2D eigenvalue weighted by Gasteiger charge is -2.11. The minimum atomic E-state index is -0.235. The fraction of sp³-hybridized carbons (Fsp3) is 0.947. The van der Waals surface area contributed by atoms with Crippen LogP contribution in [0.2, 0.25) is 0 Å². The summed E-state index contributed by atoms with van der Waals surface area (Å²) in [6, 6.07) is 0. The van der Waals surface area contributed by atoms with Crippen LogP contribution in [0, 0.1) is 0 Å². The third-order valence-corrected chi connectivity index (χ3v) is 7.72. The molecule has 0 aromatic heterocycles. The number of esters is 2. The molecule has 0 rings (SSSR count). The normalized spacial score (nSPS) is 12.3. The summed E-state index contributed by atoms with van der Waals surface area (Å²) < 4.78 is 21.0. The SMILES string of the molecule is CCCCCCCCCCCCCCOCC(C)OC(C)=O.CCCCCCCCCCCCCCOCC(C)OC(C)=O. The molecule has 0 bridgehead atoms. The van der Waals surface area contributed by atoms with Crippen molar-refractivity contribution in [3.8, 4) is 0 Å². The first-order valence-electron chi connectivity index (χ1n) is 18.8. The van der Waals surface area contributed by atoms with E-state index < -0.39 is 0 Å². The van der Waals surface area contributed by atoms with Gasteiger partial charge in [0.1, 0.15) is 12.2 Å². The maximum absolute atomic E-state index is 10.7. The Labute approximate surface area is 274 Å². The van der Waals surface area contributed by atoms with Crippen molar-refractivity contribution < 1.29 is 28.5 Å². The Balaban J connectivity index is 0. The topological polar surface area (TPSA) is 71.1 Å². The summed E-state index contributed by atoms with van der Waals surface area (Å²) in [5.74, 6) is -0.470. The predicted octanol–water partition coefficient (Wildman–Crippen LogP) is 11.3. The predicted molar refractivity (Wildman–Crippen MR) is 186 cm³/mol. The summed E-state index contributed by atoms with van der Waals surface area (Å²) >= 11 is 0. The van der Waals surface area contributed by atoms with Crippen molar-refractivity contribution in [1.29, 1.82) is 0 Å². The zero-order chi connectivity index (χ0) is 32.9. The number of carbonyl (C=O) groups is 2. The molecule has 2 unspecified atom stereocenters. The standard InChI is InChI=1S/2C19H38O3/c2*1-4-5-6-7-8-9-10-11-12-13-14-15-16-21-17-18(2)22-19(3)20/h2*18H,4-17H2,1-3H3. The molecule has 0 saturated carbocycles. The number of hydrogen-bond acceptors (Lipinski definition) is 6. The highest BCUT2D eigenvalue weighted by molar-refractivity contribution is 5.66. The second-order valence-electron chi connectivity index (χ2n) is 12.8. The number of rotatable bonds is 32. The van der Waals surface area contributed by atoms with Crippen molar-refractivity contribution in [2.45, 2.75) is 208 Å². The van der Waals surface area contributed by atoms with Gasteiger partial charge in [-0.3, -0.25) is 9.59 Å². The lowest BCUT2D eigenvalue weighted by Crippen LogP contribution is -2.18. The van der Waals surface area contributed by atoms with Gasteiger partial charge in [0.05, 0.1) is 13.2 Å². The molecule has 0 amide bonds. The van der Waals surface area contributed by atoms with E-state index in [2.05, 4.69) is 13.8 Å². The Hall–Kier alpha value is -1.14. The Kier molecular flexibility index (Phi) is 38.9. The van der Waals surface area contributed by atoms with Crippen LogP contribution in [-0.2, 0) is 28.5 Å². The Bertz CT molecular complexity index is 532. The molecule has 0 heterocycles. The van der Waals surface area contributed by atoms with Gasteiger partial charge in [0.15, 0.2) is 0 Å². The van der Waals surface area contributed by atoms with Crippen molar-refractivity contribution in [3.63, 3.8) is 0 Å². The lowest BCUT2D eigenvalue weighted by atomic mass is 10.1. The molecule has 0 aliphatic carbocycles. The number of carbonyl (C=O) groups excluding carboxylic acids is 2. The summed E-state index contributed by atoms with van der Waals surface area (Å²) in [6.07, 6.45) is 32.3. The molecule has 0 aliphatic heterocycles. The van der Waals surface area contributed by atoms with Crippen LogP contribution >= 0.6 is 0 Å². The summed E-state index contributed by atoms with van der Waals surface area (Å²) in [4.78, 5) is 21.4. The minimum absolute atomic E-state index is 0.130. The highest BCUT2D eigenvalue weighted by Crippen LogP contribution is 2.13. The minimum Gasteiger partial charge on any atom is -0.460 e. The van der Waals surface area contributed by atoms with Crippen LogP contribution in [-0.4, -0.2) is 50.6 Å². The second kappa shape index (κ2) is 38.0. The fourth-order valence-corrected chi connectivity index (χ4v) is 5.22. The van der Waals surface area contributed by atoms with E-state index >= 15 is 0 Å². The van der Waals surface area contributed by atoms with Crippen molar-refractivity contribution in [2.75, 3.05) is 26.4 Å². The van der Waals surface area contributed by atoms with Gasteiger partial charge in [0.25, 0.3) is 0 Å². The molecule has 0 aromatic rings. The number of hydrogen-bond donors (Lipinski definition) is 0. The third kappa shape index (κ3) is 43.0. The highest BCUT2D eigenvalue weighted by atomic mass is 16.6. The zero-order valence-corrected chi connectivity index (χ0v) is 30.4. The van der Waals surface area contributed by atoms with Gasteiger partial charge in [0.2, 0.25) is 0 Å². The highest BCUT2D eigenvalue weighted by Gasteiger charge is 2.05. The fourth-order valence-electron chi connectivity index (χ4n) is 5.22. The maximum Gasteiger partial charge on any atom is 0.302 e. The van der Waals surface area contributed by atoms with Crippen molar-refractivity contribution in [1.82, 2.24) is 0 Å². The molecule has 0 aromatic carbocycles. The van der Waals surface area contributed by atoms with E-state index in [0.29, 0.717) is 13.2 Å². The van der Waals surface area contributed by atoms with Gasteiger partial charge in [0, 0.05) is 27.1 Å². The first kappa shape index (κ1) is 45.0. The van der Waals surface area contributed by atoms with E-state index in [4.69, 9.17) is 18.9 Å². The van der Waals surface area contributed by atoms with Crippen molar-refractivity contribution in [3.05, 3.63) is 0 Å². The Morgan fingerprint density at radius 3 is 0.864 bits per heavy atom. The molecule has 0 fully saturated rings. The molecule has 0 saturated heterocycles. The average Bonchev–Trinajstić information content (AvgIpc) is 2.97. The molecule has 44 heavy (non-hydrogen) atoms. The third-order valence-electron chi connectivity index (χ3n) is 7.72. The summed E-state index contributed by atoms with van der Waals surface area (Å²) in [6.45, 7) is 13.7. The Morgan fingerprint density at radius 2 is 0.636 bits per heavy atom. The first-order valence-corrected chi connectivity index (χ1v) is 18.8. The van der Waals surface area contributed by atoms with E-state index in [9.17, 15) is 9.59 Å². The zero-order valence-electron chi connectivity index (χ0n) is 30.4. The molecule has 0 N–H and O–H groups in total. The van der Waals surface area contributed by atoms with Crippen molar-refractivity contribution >= 4 is 11.9 Å². The van der Waals surface area contributed by atoms with E-state index in [-0.39, 0.29) is 24.1 Å². The van der Waals surface area contributed by atoms with Crippen LogP contribution in [0.25, 0.3) is 0 Å². The van der Waals surface area contributed by atoms with Gasteiger partial charge in [-0.1, -0.05) is 155 Å². The Morgan fingerprint density at radius 1 is 0.409 bits per heavy atom. The van der Waals surface area contributed by atoms with Gasteiger partial charge in [-0.2, -0.15) is 0 Å². The van der Waals surface area contributed by atoms with Gasteiger partial charge in [-0.25, -0.2) is 0 Å². The van der Waals surface area contributed by atoms with Crippen LogP contribution in [0.5, 0.6) is 0 Å². The lowest BCUT2D eigenvalue weighted by molar-refractivity contribution is -0.149. The summed E-state index contributed by atoms with van der Waals surface area (Å²) in [7, 11) is 0. The molecule has 0 radical (unpaired) electrons. The smallest absolute Gasteiger partial charge is 0.302 e. The van der Waals surface area contributed by atoms with Gasteiger partial charge >= 0.3 is 11.9 Å². The maximum atomic E-state index is 10.7. The molecular formula is C38H76O6. The molecule has 6 heteroatoms. The van der Waals surface area contributed by atoms with Crippen LogP contribution < -0.4 is 0 Å². The van der Waals surface area contributed by atoms with Crippen LogP contribution in [0.15, 0.2) is 0 Å².